The van der Waals surface area contributed by atoms with E-state index in [4.69, 9.17) is 43.2 Å². The van der Waals surface area contributed by atoms with E-state index in [0.717, 1.165) is 0 Å². The van der Waals surface area contributed by atoms with Crippen LogP contribution < -0.4 is 0 Å². The molecule has 0 amide bonds. The summed E-state index contributed by atoms with van der Waals surface area (Å²) in [5.41, 5.74) is 0. The van der Waals surface area contributed by atoms with Crippen molar-refractivity contribution in [1.82, 2.24) is 0 Å². The molecule has 0 fully saturated rings. The fourth-order valence-electron chi connectivity index (χ4n) is 0.967. The third-order valence-electron chi connectivity index (χ3n) is 1.90. The Kier molecular flexibility index (Phi) is 5.77. The Morgan fingerprint density at radius 2 is 1.56 bits per heavy atom. The van der Waals surface area contributed by atoms with Crippen LogP contribution in [-0.2, 0) is 18.9 Å². The quantitative estimate of drug-likeness (QED) is 0.389. The molecule has 1 atom stereocenters. The predicted molar refractivity (Wildman–Crippen MR) is 59.5 cm³/mol. The van der Waals surface area contributed by atoms with E-state index < -0.39 is 48.2 Å². The number of aliphatic carboxylic acids is 2. The number of ketones is 1. The summed E-state index contributed by atoms with van der Waals surface area (Å²) < 4.78 is 7.73. The third kappa shape index (κ3) is 4.55. The first kappa shape index (κ1) is 17.3. The van der Waals surface area contributed by atoms with Crippen LogP contribution in [0.15, 0.2) is 0 Å². The number of rotatable bonds is 7. The number of carbonyl (C=O) groups excluding carboxylic acids is 1. The smallest absolute Gasteiger partial charge is 0.369 e. The van der Waals surface area contributed by atoms with Crippen molar-refractivity contribution in [2.75, 3.05) is 0 Å². The number of Topliss-reactive ketones (excluding diaryl/α,β-unsaturated/α-hetero) is 1. The van der Waals surface area contributed by atoms with Gasteiger partial charge in [0.05, 0.1) is 12.3 Å². The molecule has 4 N–H and O–H groups in total. The molecule has 0 saturated carbocycles. The van der Waals surface area contributed by atoms with Gasteiger partial charge in [0.2, 0.25) is 0 Å². The summed E-state index contributed by atoms with van der Waals surface area (Å²) >= 11 is 10.3. The maximum Gasteiger partial charge on any atom is 0.369 e. The van der Waals surface area contributed by atoms with Crippen molar-refractivity contribution in [3.8, 4) is 0 Å². The zero-order valence-electron chi connectivity index (χ0n) is 8.62. The zero-order valence-corrected chi connectivity index (χ0v) is 11.0. The van der Waals surface area contributed by atoms with Crippen LogP contribution in [0.3, 0.4) is 0 Å². The van der Waals surface area contributed by atoms with Crippen LogP contribution in [-0.4, -0.2) is 41.8 Å². The summed E-state index contributed by atoms with van der Waals surface area (Å²) in [6.07, 6.45) is -1.90. The van der Waals surface area contributed by atoms with Gasteiger partial charge in [-0.2, -0.15) is 0 Å². The topological polar surface area (TPSA) is 149 Å². The van der Waals surface area contributed by atoms with Gasteiger partial charge in [0.25, 0.3) is 4.07 Å². The van der Waals surface area contributed by atoms with E-state index in [1.807, 2.05) is 0 Å². The molecular weight excluding hydrogens is 314 g/mol. The van der Waals surface area contributed by atoms with E-state index in [9.17, 15) is 18.9 Å². The third-order valence-corrected chi connectivity index (χ3v) is 4.63. The largest absolute Gasteiger partial charge is 0.481 e. The SMILES string of the molecule is O=C(O)CC(CC(=O)C(Cl)(Cl)P(=O)(O)O)C(=O)O. The van der Waals surface area contributed by atoms with E-state index in [1.165, 1.54) is 0 Å². The normalized spacial score (nSPS) is 14.0. The molecule has 0 spiro atoms. The van der Waals surface area contributed by atoms with Crippen molar-refractivity contribution in [2.24, 2.45) is 5.92 Å². The minimum Gasteiger partial charge on any atom is -0.481 e. The Morgan fingerprint density at radius 1 is 1.11 bits per heavy atom. The lowest BCUT2D eigenvalue weighted by atomic mass is 9.99. The van der Waals surface area contributed by atoms with Gasteiger partial charge < -0.3 is 20.0 Å². The molecule has 0 aromatic carbocycles. The molecule has 104 valence electrons. The monoisotopic (exact) mass is 322 g/mol. The Morgan fingerprint density at radius 3 is 1.83 bits per heavy atom. The molecule has 0 heterocycles. The second-order valence-electron chi connectivity index (χ2n) is 3.35. The van der Waals surface area contributed by atoms with E-state index in [0.29, 0.717) is 0 Å². The highest BCUT2D eigenvalue weighted by Crippen LogP contribution is 2.57. The summed E-state index contributed by atoms with van der Waals surface area (Å²) in [6.45, 7) is 0. The maximum atomic E-state index is 11.4. The predicted octanol–water partition coefficient (Wildman–Crippen LogP) is 0.430. The Balaban J connectivity index is 4.97. The van der Waals surface area contributed by atoms with Crippen molar-refractivity contribution in [2.45, 2.75) is 16.9 Å². The molecule has 11 heteroatoms. The van der Waals surface area contributed by atoms with E-state index in [1.54, 1.807) is 0 Å². The highest BCUT2D eigenvalue weighted by Gasteiger charge is 2.51. The minimum atomic E-state index is -5.20. The van der Waals surface area contributed by atoms with Gasteiger partial charge in [-0.05, 0) is 0 Å². The second kappa shape index (κ2) is 5.99. The zero-order chi connectivity index (χ0) is 14.7. The average molecular weight is 323 g/mol. The van der Waals surface area contributed by atoms with Gasteiger partial charge in [-0.3, -0.25) is 18.9 Å². The van der Waals surface area contributed by atoms with Crippen LogP contribution in [0.25, 0.3) is 0 Å². The van der Waals surface area contributed by atoms with Gasteiger partial charge in [0.15, 0.2) is 5.78 Å². The number of carbonyl (C=O) groups is 3. The molecule has 0 bridgehead atoms. The number of carboxylic acid groups (broad SMARTS) is 2. The molecular formula is C7H9Cl2O8P. The highest BCUT2D eigenvalue weighted by molar-refractivity contribution is 7.59. The van der Waals surface area contributed by atoms with Gasteiger partial charge in [-0.1, -0.05) is 23.2 Å². The summed E-state index contributed by atoms with van der Waals surface area (Å²) in [5, 5.41) is 17.1. The lowest BCUT2D eigenvalue weighted by molar-refractivity contribution is -0.149. The minimum absolute atomic E-state index is 0.897. The van der Waals surface area contributed by atoms with Crippen LogP contribution in [0.2, 0.25) is 0 Å². The van der Waals surface area contributed by atoms with Crippen LogP contribution in [0.1, 0.15) is 12.8 Å². The molecule has 8 nitrogen and oxygen atoms in total. The van der Waals surface area contributed by atoms with E-state index >= 15 is 0 Å². The van der Waals surface area contributed by atoms with Crippen molar-refractivity contribution in [3.05, 3.63) is 0 Å². The van der Waals surface area contributed by atoms with Crippen molar-refractivity contribution in [3.63, 3.8) is 0 Å². The number of carboxylic acids is 2. The first-order chi connectivity index (χ1) is 7.89. The number of hydrogen-bond acceptors (Lipinski definition) is 4. The lowest BCUT2D eigenvalue weighted by Gasteiger charge is -2.20. The first-order valence-corrected chi connectivity index (χ1v) is 6.67. The number of hydrogen-bond donors (Lipinski definition) is 4. The molecule has 0 aromatic heterocycles. The highest BCUT2D eigenvalue weighted by atomic mass is 35.5. The fraction of sp³-hybridized carbons (Fsp3) is 0.571. The Bertz CT molecular complexity index is 414. The van der Waals surface area contributed by atoms with Crippen LogP contribution >= 0.6 is 30.8 Å². The van der Waals surface area contributed by atoms with Gasteiger partial charge in [0, 0.05) is 6.42 Å². The number of alkyl halides is 2. The fourth-order valence-corrected chi connectivity index (χ4v) is 1.54. The summed E-state index contributed by atoms with van der Waals surface area (Å²) in [6, 6.07) is 0. The molecule has 0 rings (SSSR count). The Labute approximate surface area is 111 Å². The van der Waals surface area contributed by atoms with Gasteiger partial charge in [0.1, 0.15) is 0 Å². The first-order valence-electron chi connectivity index (χ1n) is 4.31. The van der Waals surface area contributed by atoms with Gasteiger partial charge in [-0.25, -0.2) is 0 Å². The van der Waals surface area contributed by atoms with Crippen LogP contribution in [0.5, 0.6) is 0 Å². The molecule has 0 saturated heterocycles. The van der Waals surface area contributed by atoms with Crippen molar-refractivity contribution < 1.29 is 38.9 Å². The molecule has 0 radical (unpaired) electrons. The van der Waals surface area contributed by atoms with Crippen molar-refractivity contribution >= 4 is 48.5 Å². The van der Waals surface area contributed by atoms with Crippen LogP contribution in [0.4, 0.5) is 0 Å². The molecule has 1 unspecified atom stereocenters. The van der Waals surface area contributed by atoms with Gasteiger partial charge in [-0.15, -0.1) is 0 Å². The Hall–Kier alpha value is -0.660. The summed E-state index contributed by atoms with van der Waals surface area (Å²) in [5.74, 6) is -6.21. The lowest BCUT2D eigenvalue weighted by Crippen LogP contribution is -2.31. The second-order valence-corrected chi connectivity index (χ2v) is 6.96. The summed E-state index contributed by atoms with van der Waals surface area (Å²) in [7, 11) is -5.20. The average Bonchev–Trinajstić information content (AvgIpc) is 2.13. The molecule has 0 aromatic rings. The van der Waals surface area contributed by atoms with E-state index in [-0.39, 0.29) is 0 Å². The maximum absolute atomic E-state index is 11.4. The molecule has 18 heavy (non-hydrogen) atoms. The van der Waals surface area contributed by atoms with Crippen LogP contribution in [0, 0.1) is 5.92 Å². The molecule has 0 aliphatic rings. The molecule has 0 aliphatic heterocycles. The molecule has 0 aliphatic carbocycles. The standard InChI is InChI=1S/C7H9Cl2O8P/c8-7(9,18(15,16)17)4(10)1-3(6(13)14)2-5(11)12/h3H,1-2H2,(H,11,12)(H,13,14)(H2,15,16,17). The van der Waals surface area contributed by atoms with Gasteiger partial charge >= 0.3 is 19.5 Å². The number of halogens is 2. The van der Waals surface area contributed by atoms with Crippen molar-refractivity contribution in [1.29, 1.82) is 0 Å². The van der Waals surface area contributed by atoms with E-state index in [2.05, 4.69) is 0 Å². The summed E-state index contributed by atoms with van der Waals surface area (Å²) in [4.78, 5) is 49.8.